The molecule has 6 heterocycles. The topological polar surface area (TPSA) is 261 Å². The standard InChI is InChI=1S/2C31H34F2N4O8/c2*1-16-15-43-9-8-37(16)19-13-21(32)25(22(33)14-19)28(38)34-23(30(40)42-5)12-18-6-7-20(27-26(18)44-10-11-45-27)24-17(2)35(3)31(41)36(4)29(24)39/h2*6-7,13-14,16,23H,8-12,15H2,1-5H3,(H,34,38)/t2*16-,23-/m00/s1. The van der Waals surface area contributed by atoms with E-state index in [-0.39, 0.29) is 96.9 Å². The van der Waals surface area contributed by atoms with Crippen molar-refractivity contribution in [1.82, 2.24) is 28.9 Å². The maximum atomic E-state index is 15.2. The molecule has 0 bridgehead atoms. The van der Waals surface area contributed by atoms with E-state index in [2.05, 4.69) is 10.6 Å². The second kappa shape index (κ2) is 27.1. The highest BCUT2D eigenvalue weighted by molar-refractivity contribution is 5.99. The predicted octanol–water partition coefficient (Wildman–Crippen LogP) is 3.70. The Hall–Kier alpha value is -9.44. The lowest BCUT2D eigenvalue weighted by atomic mass is 9.97. The van der Waals surface area contributed by atoms with E-state index >= 15 is 17.6 Å². The quantitative estimate of drug-likeness (QED) is 0.116. The number of amides is 2. The summed E-state index contributed by atoms with van der Waals surface area (Å²) >= 11 is 0. The molecule has 0 saturated carbocycles. The fraction of sp³-hybridized carbons (Fsp3) is 0.419. The van der Waals surface area contributed by atoms with Crippen LogP contribution in [0.3, 0.4) is 0 Å². The molecular formula is C62H68F4N8O16. The first kappa shape index (κ1) is 65.0. The number of morpholine rings is 2. The van der Waals surface area contributed by atoms with Gasteiger partial charge in [0, 0.05) is 111 Å². The van der Waals surface area contributed by atoms with Gasteiger partial charge in [-0.2, -0.15) is 0 Å². The number of rotatable bonds is 14. The summed E-state index contributed by atoms with van der Waals surface area (Å²) in [5.74, 6) is -7.47. The van der Waals surface area contributed by atoms with Gasteiger partial charge in [-0.3, -0.25) is 28.3 Å². The highest BCUT2D eigenvalue weighted by Gasteiger charge is 2.35. The van der Waals surface area contributed by atoms with E-state index < -0.39 is 92.7 Å². The first-order valence-electron chi connectivity index (χ1n) is 28.7. The van der Waals surface area contributed by atoms with E-state index in [1.54, 1.807) is 62.0 Å². The zero-order chi connectivity index (χ0) is 65.2. The smallest absolute Gasteiger partial charge is 0.330 e. The monoisotopic (exact) mass is 1260 g/mol. The van der Waals surface area contributed by atoms with Gasteiger partial charge in [-0.25, -0.2) is 36.7 Å². The van der Waals surface area contributed by atoms with Crippen molar-refractivity contribution in [3.05, 3.63) is 147 Å². The first-order chi connectivity index (χ1) is 42.9. The largest absolute Gasteiger partial charge is 0.486 e. The molecule has 90 heavy (non-hydrogen) atoms. The molecule has 6 aromatic rings. The van der Waals surface area contributed by atoms with Gasteiger partial charge in [-0.05, 0) is 64.1 Å². The van der Waals surface area contributed by atoms with Crippen LogP contribution in [-0.4, -0.2) is 146 Å². The first-order valence-corrected chi connectivity index (χ1v) is 28.7. The molecule has 2 amide bonds. The van der Waals surface area contributed by atoms with E-state index in [1.165, 1.54) is 23.2 Å². The van der Waals surface area contributed by atoms with Crippen LogP contribution in [0.4, 0.5) is 28.9 Å². The van der Waals surface area contributed by atoms with Crippen molar-refractivity contribution in [1.29, 1.82) is 0 Å². The van der Waals surface area contributed by atoms with Crippen LogP contribution in [0.5, 0.6) is 23.0 Å². The van der Waals surface area contributed by atoms with Gasteiger partial charge < -0.3 is 67.5 Å². The van der Waals surface area contributed by atoms with Crippen LogP contribution in [-0.2, 0) is 69.6 Å². The van der Waals surface area contributed by atoms with Gasteiger partial charge in [0.05, 0.1) is 51.8 Å². The average Bonchev–Trinajstić information content (AvgIpc) is 1.09. The Morgan fingerprint density at radius 1 is 0.522 bits per heavy atom. The van der Waals surface area contributed by atoms with Crippen LogP contribution in [0.25, 0.3) is 22.3 Å². The van der Waals surface area contributed by atoms with E-state index in [0.717, 1.165) is 47.6 Å². The van der Waals surface area contributed by atoms with Gasteiger partial charge in [0.15, 0.2) is 23.0 Å². The van der Waals surface area contributed by atoms with Gasteiger partial charge in [-0.15, -0.1) is 0 Å². The maximum Gasteiger partial charge on any atom is 0.330 e. The Kier molecular flexibility index (Phi) is 19.6. The van der Waals surface area contributed by atoms with Gasteiger partial charge in [-0.1, -0.05) is 12.1 Å². The lowest BCUT2D eigenvalue weighted by Gasteiger charge is -2.35. The number of aromatic nitrogens is 4. The van der Waals surface area contributed by atoms with E-state index in [9.17, 15) is 38.4 Å². The molecule has 0 radical (unpaired) electrons. The van der Waals surface area contributed by atoms with Gasteiger partial charge in [0.25, 0.3) is 22.9 Å². The predicted molar refractivity (Wildman–Crippen MR) is 318 cm³/mol. The zero-order valence-electron chi connectivity index (χ0n) is 51.1. The van der Waals surface area contributed by atoms with Crippen LogP contribution in [0.2, 0.25) is 0 Å². The number of esters is 2. The summed E-state index contributed by atoms with van der Waals surface area (Å²) in [6.07, 6.45) is -0.386. The molecule has 0 aliphatic carbocycles. The average molecular weight is 1260 g/mol. The summed E-state index contributed by atoms with van der Waals surface area (Å²) in [4.78, 5) is 107. The number of anilines is 2. The molecule has 4 aliphatic heterocycles. The molecule has 2 saturated heterocycles. The molecule has 4 aliphatic rings. The minimum absolute atomic E-state index is 0.120. The third-order valence-corrected chi connectivity index (χ3v) is 16.3. The van der Waals surface area contributed by atoms with Crippen LogP contribution in [0.15, 0.2) is 67.7 Å². The summed E-state index contributed by atoms with van der Waals surface area (Å²) in [7, 11) is 8.08. The molecule has 4 aromatic carbocycles. The van der Waals surface area contributed by atoms with Crippen molar-refractivity contribution >= 4 is 35.1 Å². The minimum atomic E-state index is -1.37. The highest BCUT2D eigenvalue weighted by Crippen LogP contribution is 2.44. The third kappa shape index (κ3) is 12.7. The van der Waals surface area contributed by atoms with Crippen LogP contribution >= 0.6 is 0 Å². The van der Waals surface area contributed by atoms with Crippen molar-refractivity contribution in [3.8, 4) is 45.3 Å². The molecule has 480 valence electrons. The molecule has 2 fully saturated rings. The maximum absolute atomic E-state index is 15.2. The lowest BCUT2D eigenvalue weighted by molar-refractivity contribution is -0.143. The normalized spacial score (nSPS) is 16.7. The second-order valence-electron chi connectivity index (χ2n) is 21.9. The number of nitrogens with one attached hydrogen (secondary N) is 2. The molecule has 2 aromatic heterocycles. The number of hydrogen-bond acceptors (Lipinski definition) is 18. The lowest BCUT2D eigenvalue weighted by Crippen LogP contribution is -2.44. The zero-order valence-corrected chi connectivity index (χ0v) is 51.1. The Morgan fingerprint density at radius 3 is 1.18 bits per heavy atom. The van der Waals surface area contributed by atoms with Crippen molar-refractivity contribution < 1.29 is 74.6 Å². The second-order valence-corrected chi connectivity index (χ2v) is 21.9. The fourth-order valence-electron chi connectivity index (χ4n) is 11.3. The molecule has 2 N–H and O–H groups in total. The molecule has 0 spiro atoms. The fourth-order valence-corrected chi connectivity index (χ4v) is 11.3. The van der Waals surface area contributed by atoms with Gasteiger partial charge in [0.1, 0.15) is 72.9 Å². The summed E-state index contributed by atoms with van der Waals surface area (Å²) in [5, 5.41) is 4.80. The molecule has 0 unspecified atom stereocenters. The summed E-state index contributed by atoms with van der Waals surface area (Å²) in [6, 6.07) is 7.73. The van der Waals surface area contributed by atoms with Crippen molar-refractivity contribution in [2.75, 3.05) is 90.0 Å². The Bertz CT molecular complexity index is 3790. The molecule has 4 atom stereocenters. The number of carbonyl (C=O) groups is 4. The summed E-state index contributed by atoms with van der Waals surface area (Å²) in [6.45, 7) is 10.1. The van der Waals surface area contributed by atoms with E-state index in [0.29, 0.717) is 73.2 Å². The van der Waals surface area contributed by atoms with Crippen molar-refractivity contribution in [2.45, 2.75) is 64.7 Å². The third-order valence-electron chi connectivity index (χ3n) is 16.3. The number of nitrogens with zero attached hydrogens (tertiary/aromatic N) is 6. The van der Waals surface area contributed by atoms with Crippen molar-refractivity contribution in [3.63, 3.8) is 0 Å². The van der Waals surface area contributed by atoms with Crippen LogP contribution < -0.4 is 61.9 Å². The number of benzene rings is 4. The number of methoxy groups -OCH3 is 2. The minimum Gasteiger partial charge on any atom is -0.486 e. The molecule has 24 nitrogen and oxygen atoms in total. The van der Waals surface area contributed by atoms with Crippen LogP contribution in [0.1, 0.15) is 57.1 Å². The Labute approximate surface area is 512 Å². The van der Waals surface area contributed by atoms with E-state index in [4.69, 9.17) is 37.9 Å². The van der Waals surface area contributed by atoms with Crippen molar-refractivity contribution in [2.24, 2.45) is 28.2 Å². The van der Waals surface area contributed by atoms with Crippen LogP contribution in [0, 0.1) is 37.1 Å². The number of fused-ring (bicyclic) bond motifs is 2. The molecular weight excluding hydrogens is 1190 g/mol. The number of hydrogen-bond donors (Lipinski definition) is 2. The number of ether oxygens (including phenoxy) is 8. The Morgan fingerprint density at radius 2 is 0.856 bits per heavy atom. The number of carbonyl (C=O) groups excluding carboxylic acids is 4. The van der Waals surface area contributed by atoms with Gasteiger partial charge in [0.2, 0.25) is 0 Å². The summed E-state index contributed by atoms with van der Waals surface area (Å²) in [5.41, 5.74) is -0.344. The van der Waals surface area contributed by atoms with Gasteiger partial charge >= 0.3 is 23.3 Å². The summed E-state index contributed by atoms with van der Waals surface area (Å²) < 4.78 is 110. The SMILES string of the molecule is COC(=O)[C@H](Cc1ccc(-c2c(C)n(C)c(=O)n(C)c2=O)c2c1OCCO2)NC(=O)c1c(F)cc(N2CCOC[C@@H]2C)cc1F.COC(=O)[C@H](Cc1ccc(-c2c(C)n(C)c(=O)n(C)c2=O)c2c1OCCO2)NC(=O)c1c(F)cc(N2CCOC[C@@H]2C)cc1F. The highest BCUT2D eigenvalue weighted by atomic mass is 19.1. The Balaban J connectivity index is 0.000000213. The molecule has 10 rings (SSSR count). The molecule has 28 heteroatoms. The number of halogens is 4. The van der Waals surface area contributed by atoms with E-state index in [1.807, 2.05) is 13.8 Å².